The predicted octanol–water partition coefficient (Wildman–Crippen LogP) is 2.90. The quantitative estimate of drug-likeness (QED) is 0.797. The molecule has 0 radical (unpaired) electrons. The van der Waals surface area contributed by atoms with Crippen LogP contribution in [0.4, 0.5) is 5.69 Å². The highest BCUT2D eigenvalue weighted by molar-refractivity contribution is 6.33. The van der Waals surface area contributed by atoms with Crippen LogP contribution in [-0.2, 0) is 11.3 Å². The monoisotopic (exact) mass is 332 g/mol. The van der Waals surface area contributed by atoms with E-state index in [2.05, 4.69) is 5.32 Å². The fraction of sp³-hybridized carbons (Fsp3) is 0.125. The Kier molecular flexibility index (Phi) is 4.08. The minimum absolute atomic E-state index is 0.177. The first-order valence-corrected chi connectivity index (χ1v) is 7.18. The molecule has 3 rings (SSSR count). The highest BCUT2D eigenvalue weighted by Gasteiger charge is 2.13. The lowest BCUT2D eigenvalue weighted by atomic mass is 10.3. The van der Waals surface area contributed by atoms with Gasteiger partial charge in [-0.05, 0) is 24.3 Å². The summed E-state index contributed by atoms with van der Waals surface area (Å²) in [6.45, 7) is -0.177. The molecule has 7 heteroatoms. The number of nitrogens with one attached hydrogen (secondary N) is 1. The van der Waals surface area contributed by atoms with Gasteiger partial charge >= 0.3 is 5.76 Å². The molecule has 118 valence electrons. The Morgan fingerprint density at radius 1 is 1.30 bits per heavy atom. The second-order valence-electron chi connectivity index (χ2n) is 4.82. The number of oxazole rings is 1. The van der Waals surface area contributed by atoms with Crippen LogP contribution in [0.5, 0.6) is 5.75 Å². The van der Waals surface area contributed by atoms with Crippen molar-refractivity contribution in [2.45, 2.75) is 6.54 Å². The van der Waals surface area contributed by atoms with Gasteiger partial charge in [0.25, 0.3) is 0 Å². The average Bonchev–Trinajstić information content (AvgIpc) is 2.85. The van der Waals surface area contributed by atoms with Crippen molar-refractivity contribution >= 4 is 34.3 Å². The number of hydrogen-bond acceptors (Lipinski definition) is 4. The highest BCUT2D eigenvalue weighted by atomic mass is 35.5. The third kappa shape index (κ3) is 3.07. The van der Waals surface area contributed by atoms with Crippen LogP contribution in [0.15, 0.2) is 51.7 Å². The van der Waals surface area contributed by atoms with E-state index in [0.717, 1.165) is 0 Å². The van der Waals surface area contributed by atoms with E-state index < -0.39 is 11.7 Å². The molecule has 1 heterocycles. The Morgan fingerprint density at radius 3 is 2.87 bits per heavy atom. The summed E-state index contributed by atoms with van der Waals surface area (Å²) in [5.74, 6) is -0.414. The van der Waals surface area contributed by atoms with Crippen LogP contribution in [-0.4, -0.2) is 17.6 Å². The number of carbonyl (C=O) groups excluding carboxylic acids is 1. The standard InChI is InChI=1S/C16H13ClN2O4/c1-22-10-6-7-11(17)12(8-10)18-15(20)9-19-13-4-2-3-5-14(13)23-16(19)21/h2-8H,9H2,1H3,(H,18,20). The fourth-order valence-corrected chi connectivity index (χ4v) is 2.39. The van der Waals surface area contributed by atoms with E-state index in [0.29, 0.717) is 27.6 Å². The third-order valence-corrected chi connectivity index (χ3v) is 3.65. The van der Waals surface area contributed by atoms with E-state index in [1.807, 2.05) is 0 Å². The van der Waals surface area contributed by atoms with E-state index in [1.165, 1.54) is 11.7 Å². The molecule has 0 aliphatic carbocycles. The number of carbonyl (C=O) groups is 1. The molecule has 6 nitrogen and oxygen atoms in total. The Bertz CT molecular complexity index is 929. The van der Waals surface area contributed by atoms with Crippen LogP contribution in [0.1, 0.15) is 0 Å². The molecule has 0 atom stereocenters. The van der Waals surface area contributed by atoms with Gasteiger partial charge in [-0.15, -0.1) is 0 Å². The second-order valence-corrected chi connectivity index (χ2v) is 5.22. The molecule has 0 spiro atoms. The van der Waals surface area contributed by atoms with Gasteiger partial charge in [-0.2, -0.15) is 0 Å². The summed E-state index contributed by atoms with van der Waals surface area (Å²) in [4.78, 5) is 24.1. The number of methoxy groups -OCH3 is 1. The summed E-state index contributed by atoms with van der Waals surface area (Å²) in [6.07, 6.45) is 0. The molecule has 0 saturated heterocycles. The van der Waals surface area contributed by atoms with E-state index >= 15 is 0 Å². The SMILES string of the molecule is COc1ccc(Cl)c(NC(=O)Cn2c(=O)oc3ccccc32)c1. The molecule has 1 N–H and O–H groups in total. The number of para-hydroxylation sites is 2. The molecule has 0 fully saturated rings. The fourth-order valence-electron chi connectivity index (χ4n) is 2.22. The Hall–Kier alpha value is -2.73. The smallest absolute Gasteiger partial charge is 0.420 e. The van der Waals surface area contributed by atoms with Gasteiger partial charge in [-0.3, -0.25) is 9.36 Å². The maximum Gasteiger partial charge on any atom is 0.420 e. The van der Waals surface area contributed by atoms with Crippen molar-refractivity contribution in [1.82, 2.24) is 4.57 Å². The first-order chi connectivity index (χ1) is 11.1. The molecule has 2 aromatic carbocycles. The molecule has 0 saturated carbocycles. The van der Waals surface area contributed by atoms with Crippen molar-refractivity contribution in [1.29, 1.82) is 0 Å². The Morgan fingerprint density at radius 2 is 2.09 bits per heavy atom. The van der Waals surface area contributed by atoms with Gasteiger partial charge in [0.05, 0.1) is 23.3 Å². The molecule has 0 aliphatic heterocycles. The predicted molar refractivity (Wildman–Crippen MR) is 87.1 cm³/mol. The molecule has 0 bridgehead atoms. The van der Waals surface area contributed by atoms with E-state index in [1.54, 1.807) is 42.5 Å². The Labute approximate surface area is 136 Å². The first kappa shape index (κ1) is 15.2. The number of amides is 1. The van der Waals surface area contributed by atoms with Gasteiger partial charge in [-0.25, -0.2) is 4.79 Å². The van der Waals surface area contributed by atoms with Crippen LogP contribution < -0.4 is 15.8 Å². The zero-order valence-electron chi connectivity index (χ0n) is 12.2. The third-order valence-electron chi connectivity index (χ3n) is 3.32. The first-order valence-electron chi connectivity index (χ1n) is 6.80. The zero-order valence-corrected chi connectivity index (χ0v) is 13.0. The normalized spacial score (nSPS) is 10.7. The molecule has 0 aliphatic rings. The van der Waals surface area contributed by atoms with Crippen LogP contribution >= 0.6 is 11.6 Å². The van der Waals surface area contributed by atoms with Crippen molar-refractivity contribution in [3.8, 4) is 5.75 Å². The molecule has 1 aromatic heterocycles. The van der Waals surface area contributed by atoms with Gasteiger partial charge in [0.2, 0.25) is 5.91 Å². The lowest BCUT2D eigenvalue weighted by molar-refractivity contribution is -0.116. The number of hydrogen-bond donors (Lipinski definition) is 1. The summed E-state index contributed by atoms with van der Waals surface area (Å²) >= 11 is 6.05. The number of halogens is 1. The Balaban J connectivity index is 1.84. The average molecular weight is 333 g/mol. The number of rotatable bonds is 4. The zero-order chi connectivity index (χ0) is 16.4. The molecule has 0 unspecified atom stereocenters. The number of anilines is 1. The van der Waals surface area contributed by atoms with E-state index in [9.17, 15) is 9.59 Å². The maximum absolute atomic E-state index is 12.2. The number of aromatic nitrogens is 1. The number of nitrogens with zero attached hydrogens (tertiary/aromatic N) is 1. The second kappa shape index (κ2) is 6.18. The van der Waals surface area contributed by atoms with Crippen LogP contribution in [0, 0.1) is 0 Å². The highest BCUT2D eigenvalue weighted by Crippen LogP contribution is 2.26. The van der Waals surface area contributed by atoms with E-state index in [4.69, 9.17) is 20.8 Å². The van der Waals surface area contributed by atoms with Crippen LogP contribution in [0.3, 0.4) is 0 Å². The van der Waals surface area contributed by atoms with Crippen molar-refractivity contribution in [2.75, 3.05) is 12.4 Å². The molecule has 23 heavy (non-hydrogen) atoms. The summed E-state index contributed by atoms with van der Waals surface area (Å²) < 4.78 is 11.4. The summed E-state index contributed by atoms with van der Waals surface area (Å²) in [6, 6.07) is 11.8. The summed E-state index contributed by atoms with van der Waals surface area (Å²) in [5.41, 5.74) is 1.41. The van der Waals surface area contributed by atoms with Gasteiger partial charge in [0, 0.05) is 6.07 Å². The molecular formula is C16H13ClN2O4. The van der Waals surface area contributed by atoms with Gasteiger partial charge in [0.15, 0.2) is 5.58 Å². The minimum Gasteiger partial charge on any atom is -0.497 e. The van der Waals surface area contributed by atoms with Crippen molar-refractivity contribution in [3.05, 3.63) is 58.0 Å². The van der Waals surface area contributed by atoms with Gasteiger partial charge in [0.1, 0.15) is 12.3 Å². The van der Waals surface area contributed by atoms with E-state index in [-0.39, 0.29) is 6.54 Å². The lowest BCUT2D eigenvalue weighted by Crippen LogP contribution is -2.24. The van der Waals surface area contributed by atoms with Gasteiger partial charge < -0.3 is 14.5 Å². The van der Waals surface area contributed by atoms with Crippen molar-refractivity contribution < 1.29 is 13.9 Å². The van der Waals surface area contributed by atoms with Crippen LogP contribution in [0.25, 0.3) is 11.1 Å². The number of fused-ring (bicyclic) bond motifs is 1. The molecular weight excluding hydrogens is 320 g/mol. The topological polar surface area (TPSA) is 73.5 Å². The van der Waals surface area contributed by atoms with Crippen molar-refractivity contribution in [3.63, 3.8) is 0 Å². The summed E-state index contributed by atoms with van der Waals surface area (Å²) in [7, 11) is 1.52. The maximum atomic E-state index is 12.2. The largest absolute Gasteiger partial charge is 0.497 e. The summed E-state index contributed by atoms with van der Waals surface area (Å²) in [5, 5.41) is 3.04. The minimum atomic E-state index is -0.585. The van der Waals surface area contributed by atoms with Gasteiger partial charge in [-0.1, -0.05) is 23.7 Å². The van der Waals surface area contributed by atoms with Crippen molar-refractivity contribution in [2.24, 2.45) is 0 Å². The molecule has 3 aromatic rings. The molecule has 1 amide bonds. The number of ether oxygens (including phenoxy) is 1. The number of benzene rings is 2. The van der Waals surface area contributed by atoms with Crippen LogP contribution in [0.2, 0.25) is 5.02 Å². The lowest BCUT2D eigenvalue weighted by Gasteiger charge is -2.09.